The maximum atomic E-state index is 12.4. The number of benzene rings is 3. The van der Waals surface area contributed by atoms with Crippen LogP contribution < -0.4 is 5.32 Å². The lowest BCUT2D eigenvalue weighted by Gasteiger charge is -2.08. The summed E-state index contributed by atoms with van der Waals surface area (Å²) in [5, 5.41) is 3.49. The first-order valence-electron chi connectivity index (χ1n) is 7.51. The van der Waals surface area contributed by atoms with E-state index in [4.69, 9.17) is 23.2 Å². The number of nitrogens with one attached hydrogen (secondary N) is 1. The van der Waals surface area contributed by atoms with Crippen molar-refractivity contribution in [2.45, 2.75) is 0 Å². The molecule has 5 heteroatoms. The summed E-state index contributed by atoms with van der Waals surface area (Å²) in [6, 6.07) is 20.4. The third kappa shape index (κ3) is 4.08. The highest BCUT2D eigenvalue weighted by atomic mass is 35.5. The molecule has 0 unspecified atom stereocenters. The summed E-state index contributed by atoms with van der Waals surface area (Å²) in [5.41, 5.74) is 2.07. The number of hydrogen-bond donors (Lipinski definition) is 1. The standard InChI is InChI=1S/C20H13Cl2NO2/c21-15-8-11-17(18(22)12-15)20(25)23-16-9-6-14(7-10-16)19(24)13-4-2-1-3-5-13/h1-12H,(H,23,25). The van der Waals surface area contributed by atoms with Crippen molar-refractivity contribution in [3.8, 4) is 0 Å². The van der Waals surface area contributed by atoms with Crippen LogP contribution in [-0.2, 0) is 0 Å². The third-order valence-electron chi connectivity index (χ3n) is 3.62. The molecule has 3 aromatic rings. The minimum atomic E-state index is -0.344. The van der Waals surface area contributed by atoms with E-state index in [0.29, 0.717) is 27.4 Å². The second-order valence-electron chi connectivity index (χ2n) is 5.35. The first-order valence-corrected chi connectivity index (χ1v) is 8.26. The summed E-state index contributed by atoms with van der Waals surface area (Å²) in [6.45, 7) is 0. The fraction of sp³-hybridized carbons (Fsp3) is 0. The van der Waals surface area contributed by atoms with E-state index in [0.717, 1.165) is 0 Å². The average Bonchev–Trinajstić information content (AvgIpc) is 2.62. The van der Waals surface area contributed by atoms with Crippen molar-refractivity contribution in [3.63, 3.8) is 0 Å². The number of carbonyl (C=O) groups excluding carboxylic acids is 2. The van der Waals surface area contributed by atoms with Crippen LogP contribution in [0.25, 0.3) is 0 Å². The number of hydrogen-bond acceptors (Lipinski definition) is 2. The summed E-state index contributed by atoms with van der Waals surface area (Å²) in [5.74, 6) is -0.414. The van der Waals surface area contributed by atoms with Crippen LogP contribution in [0, 0.1) is 0 Å². The first kappa shape index (κ1) is 17.2. The van der Waals surface area contributed by atoms with Gasteiger partial charge in [0.2, 0.25) is 0 Å². The maximum Gasteiger partial charge on any atom is 0.257 e. The van der Waals surface area contributed by atoms with Crippen LogP contribution in [0.3, 0.4) is 0 Å². The molecule has 3 nitrogen and oxygen atoms in total. The molecule has 1 amide bonds. The van der Waals surface area contributed by atoms with Gasteiger partial charge in [0.25, 0.3) is 5.91 Å². The van der Waals surface area contributed by atoms with Gasteiger partial charge in [-0.05, 0) is 42.5 Å². The van der Waals surface area contributed by atoms with Crippen molar-refractivity contribution in [2.24, 2.45) is 0 Å². The quantitative estimate of drug-likeness (QED) is 0.619. The van der Waals surface area contributed by atoms with Crippen molar-refractivity contribution >= 4 is 40.6 Å². The van der Waals surface area contributed by atoms with E-state index in [2.05, 4.69) is 5.32 Å². The zero-order valence-corrected chi connectivity index (χ0v) is 14.5. The van der Waals surface area contributed by atoms with Gasteiger partial charge in [-0.2, -0.15) is 0 Å². The van der Waals surface area contributed by atoms with E-state index in [1.54, 1.807) is 48.5 Å². The zero-order chi connectivity index (χ0) is 17.8. The molecule has 0 aliphatic carbocycles. The Kier molecular flexibility index (Phi) is 5.17. The highest BCUT2D eigenvalue weighted by molar-refractivity contribution is 6.37. The Balaban J connectivity index is 1.74. The number of rotatable bonds is 4. The summed E-state index contributed by atoms with van der Waals surface area (Å²) < 4.78 is 0. The van der Waals surface area contributed by atoms with Crippen LogP contribution in [0.4, 0.5) is 5.69 Å². The molecule has 0 aliphatic heterocycles. The Bertz CT molecular complexity index is 922. The van der Waals surface area contributed by atoms with Crippen LogP contribution >= 0.6 is 23.2 Å². The van der Waals surface area contributed by atoms with E-state index >= 15 is 0 Å². The number of amides is 1. The highest BCUT2D eigenvalue weighted by Crippen LogP contribution is 2.22. The van der Waals surface area contributed by atoms with Gasteiger partial charge in [-0.25, -0.2) is 0 Å². The maximum absolute atomic E-state index is 12.4. The van der Waals surface area contributed by atoms with Crippen molar-refractivity contribution in [2.75, 3.05) is 5.32 Å². The lowest BCUT2D eigenvalue weighted by molar-refractivity contribution is 0.102. The van der Waals surface area contributed by atoms with Gasteiger partial charge in [-0.3, -0.25) is 9.59 Å². The summed E-state index contributed by atoms with van der Waals surface area (Å²) in [7, 11) is 0. The van der Waals surface area contributed by atoms with Crippen LogP contribution in [0.1, 0.15) is 26.3 Å². The Hall–Kier alpha value is -2.62. The van der Waals surface area contributed by atoms with E-state index in [9.17, 15) is 9.59 Å². The minimum Gasteiger partial charge on any atom is -0.322 e. The van der Waals surface area contributed by atoms with Crippen LogP contribution in [0.5, 0.6) is 0 Å². The fourth-order valence-electron chi connectivity index (χ4n) is 2.33. The highest BCUT2D eigenvalue weighted by Gasteiger charge is 2.12. The van der Waals surface area contributed by atoms with Gasteiger partial charge in [0, 0.05) is 21.8 Å². The number of halogens is 2. The van der Waals surface area contributed by atoms with Gasteiger partial charge in [0.05, 0.1) is 10.6 Å². The Labute approximate surface area is 155 Å². The lowest BCUT2D eigenvalue weighted by Crippen LogP contribution is -2.12. The van der Waals surface area contributed by atoms with Crippen molar-refractivity contribution in [1.29, 1.82) is 0 Å². The molecule has 0 fully saturated rings. The van der Waals surface area contributed by atoms with Crippen LogP contribution in [-0.4, -0.2) is 11.7 Å². The van der Waals surface area contributed by atoms with Crippen LogP contribution in [0.15, 0.2) is 72.8 Å². The number of anilines is 1. The van der Waals surface area contributed by atoms with E-state index in [-0.39, 0.29) is 16.7 Å². The summed E-state index contributed by atoms with van der Waals surface area (Å²) >= 11 is 11.9. The fourth-order valence-corrected chi connectivity index (χ4v) is 2.83. The molecule has 0 spiro atoms. The third-order valence-corrected chi connectivity index (χ3v) is 4.16. The SMILES string of the molecule is O=C(c1ccccc1)c1ccc(NC(=O)c2ccc(Cl)cc2Cl)cc1. The molecule has 0 saturated carbocycles. The Morgan fingerprint density at radius 2 is 1.40 bits per heavy atom. The molecule has 0 saturated heterocycles. The Morgan fingerprint density at radius 3 is 2.04 bits per heavy atom. The van der Waals surface area contributed by atoms with Gasteiger partial charge < -0.3 is 5.32 Å². The van der Waals surface area contributed by atoms with E-state index < -0.39 is 0 Å². The predicted octanol–water partition coefficient (Wildman–Crippen LogP) is 5.48. The lowest BCUT2D eigenvalue weighted by atomic mass is 10.0. The van der Waals surface area contributed by atoms with Gasteiger partial charge in [0.15, 0.2) is 5.78 Å². The van der Waals surface area contributed by atoms with Crippen molar-refractivity contribution < 1.29 is 9.59 Å². The van der Waals surface area contributed by atoms with Gasteiger partial charge in [0.1, 0.15) is 0 Å². The zero-order valence-electron chi connectivity index (χ0n) is 13.0. The average molecular weight is 370 g/mol. The van der Waals surface area contributed by atoms with Crippen molar-refractivity contribution in [3.05, 3.63) is 99.5 Å². The molecule has 25 heavy (non-hydrogen) atoms. The molecule has 0 bridgehead atoms. The molecular weight excluding hydrogens is 357 g/mol. The predicted molar refractivity (Wildman–Crippen MR) is 101 cm³/mol. The monoisotopic (exact) mass is 369 g/mol. The smallest absolute Gasteiger partial charge is 0.257 e. The molecule has 3 rings (SSSR count). The second-order valence-corrected chi connectivity index (χ2v) is 6.19. The summed E-state index contributed by atoms with van der Waals surface area (Å²) in [4.78, 5) is 24.6. The second kappa shape index (κ2) is 7.51. The Morgan fingerprint density at radius 1 is 0.760 bits per heavy atom. The molecule has 0 aliphatic rings. The molecule has 0 atom stereocenters. The molecule has 0 aromatic heterocycles. The van der Waals surface area contributed by atoms with Gasteiger partial charge in [-0.15, -0.1) is 0 Å². The molecule has 0 heterocycles. The van der Waals surface area contributed by atoms with Gasteiger partial charge in [-0.1, -0.05) is 53.5 Å². The van der Waals surface area contributed by atoms with Crippen molar-refractivity contribution in [1.82, 2.24) is 0 Å². The van der Waals surface area contributed by atoms with Crippen LogP contribution in [0.2, 0.25) is 10.0 Å². The summed E-state index contributed by atoms with van der Waals surface area (Å²) in [6.07, 6.45) is 0. The number of ketones is 1. The number of carbonyl (C=O) groups is 2. The normalized spacial score (nSPS) is 10.3. The first-order chi connectivity index (χ1) is 12.0. The minimum absolute atomic E-state index is 0.0702. The molecule has 0 radical (unpaired) electrons. The molecule has 1 N–H and O–H groups in total. The topological polar surface area (TPSA) is 46.2 Å². The molecule has 124 valence electrons. The van der Waals surface area contributed by atoms with Gasteiger partial charge >= 0.3 is 0 Å². The largest absolute Gasteiger partial charge is 0.322 e. The van der Waals surface area contributed by atoms with E-state index in [1.165, 1.54) is 6.07 Å². The molecule has 3 aromatic carbocycles. The van der Waals surface area contributed by atoms with E-state index in [1.807, 2.05) is 18.2 Å². The molecular formula is C20H13Cl2NO2.